The molecule has 1 aromatic carbocycles. The second kappa shape index (κ2) is 5.93. The molecule has 0 bridgehead atoms. The number of benzene rings is 1. The number of methoxy groups -OCH3 is 1. The first-order valence-corrected chi connectivity index (χ1v) is 6.27. The van der Waals surface area contributed by atoms with Gasteiger partial charge in [0.2, 0.25) is 0 Å². The first kappa shape index (κ1) is 13.1. The zero-order valence-corrected chi connectivity index (χ0v) is 11.0. The lowest BCUT2D eigenvalue weighted by Crippen LogP contribution is -2.18. The van der Waals surface area contributed by atoms with Gasteiger partial charge in [-0.15, -0.1) is 0 Å². The number of ether oxygens (including phenoxy) is 1. The van der Waals surface area contributed by atoms with Crippen LogP contribution in [0, 0.1) is 5.41 Å². The summed E-state index contributed by atoms with van der Waals surface area (Å²) in [5, 5.41) is 0. The molecular weight excluding hydrogens is 196 g/mol. The van der Waals surface area contributed by atoms with Gasteiger partial charge in [0.15, 0.2) is 0 Å². The van der Waals surface area contributed by atoms with Gasteiger partial charge in [-0.05, 0) is 29.9 Å². The summed E-state index contributed by atoms with van der Waals surface area (Å²) in [5.41, 5.74) is 1.74. The van der Waals surface area contributed by atoms with Crippen molar-refractivity contribution in [3.05, 3.63) is 29.8 Å². The smallest absolute Gasteiger partial charge is 0.122 e. The molecule has 0 saturated heterocycles. The van der Waals surface area contributed by atoms with Gasteiger partial charge in [0, 0.05) is 0 Å². The van der Waals surface area contributed by atoms with E-state index in [1.54, 1.807) is 7.11 Å². The highest BCUT2D eigenvalue weighted by molar-refractivity contribution is 5.34. The van der Waals surface area contributed by atoms with Crippen LogP contribution in [0.1, 0.15) is 45.6 Å². The van der Waals surface area contributed by atoms with Gasteiger partial charge in [-0.2, -0.15) is 0 Å². The van der Waals surface area contributed by atoms with Crippen LogP contribution in [0.5, 0.6) is 5.75 Å². The van der Waals surface area contributed by atoms with Crippen molar-refractivity contribution in [2.24, 2.45) is 5.41 Å². The van der Waals surface area contributed by atoms with E-state index in [-0.39, 0.29) is 0 Å². The Morgan fingerprint density at radius 3 is 2.44 bits per heavy atom. The number of para-hydroxylation sites is 1. The SMILES string of the molecule is CCCC(C)(CC)Cc1ccccc1OC. The molecule has 1 heteroatoms. The van der Waals surface area contributed by atoms with Crippen LogP contribution in [0.25, 0.3) is 0 Å². The third kappa shape index (κ3) is 3.26. The van der Waals surface area contributed by atoms with E-state index in [0.717, 1.165) is 12.2 Å². The Morgan fingerprint density at radius 2 is 1.88 bits per heavy atom. The third-order valence-electron chi connectivity index (χ3n) is 3.52. The van der Waals surface area contributed by atoms with Gasteiger partial charge in [-0.25, -0.2) is 0 Å². The molecule has 0 aliphatic carbocycles. The van der Waals surface area contributed by atoms with Gasteiger partial charge in [0.25, 0.3) is 0 Å². The van der Waals surface area contributed by atoms with Gasteiger partial charge < -0.3 is 4.74 Å². The van der Waals surface area contributed by atoms with Crippen LogP contribution in [-0.2, 0) is 6.42 Å². The molecule has 0 fully saturated rings. The normalized spacial score (nSPS) is 14.5. The molecule has 0 aliphatic rings. The monoisotopic (exact) mass is 220 g/mol. The van der Waals surface area contributed by atoms with Crippen LogP contribution in [0.15, 0.2) is 24.3 Å². The Balaban J connectivity index is 2.85. The molecule has 1 rings (SSSR count). The zero-order valence-electron chi connectivity index (χ0n) is 11.0. The highest BCUT2D eigenvalue weighted by atomic mass is 16.5. The molecule has 0 aliphatic heterocycles. The lowest BCUT2D eigenvalue weighted by molar-refractivity contribution is 0.274. The summed E-state index contributed by atoms with van der Waals surface area (Å²) in [7, 11) is 1.75. The van der Waals surface area contributed by atoms with E-state index < -0.39 is 0 Å². The van der Waals surface area contributed by atoms with Crippen molar-refractivity contribution in [1.82, 2.24) is 0 Å². The second-order valence-electron chi connectivity index (χ2n) is 4.90. The Kier molecular flexibility index (Phi) is 4.85. The van der Waals surface area contributed by atoms with Crippen LogP contribution in [0.4, 0.5) is 0 Å². The summed E-state index contributed by atoms with van der Waals surface area (Å²) in [6, 6.07) is 8.37. The third-order valence-corrected chi connectivity index (χ3v) is 3.52. The zero-order chi connectivity index (χ0) is 12.0. The Bertz CT molecular complexity index is 319. The molecule has 0 saturated carbocycles. The minimum Gasteiger partial charge on any atom is -0.496 e. The van der Waals surface area contributed by atoms with Crippen molar-refractivity contribution in [3.63, 3.8) is 0 Å². The van der Waals surface area contributed by atoms with E-state index in [9.17, 15) is 0 Å². The molecule has 0 radical (unpaired) electrons. The van der Waals surface area contributed by atoms with Gasteiger partial charge in [0.05, 0.1) is 7.11 Å². The predicted octanol–water partition coefficient (Wildman–Crippen LogP) is 4.45. The van der Waals surface area contributed by atoms with Crippen LogP contribution >= 0.6 is 0 Å². The van der Waals surface area contributed by atoms with Gasteiger partial charge in [0.1, 0.15) is 5.75 Å². The van der Waals surface area contributed by atoms with Gasteiger partial charge in [-0.1, -0.05) is 51.8 Å². The maximum atomic E-state index is 5.41. The Morgan fingerprint density at radius 1 is 1.19 bits per heavy atom. The summed E-state index contributed by atoms with van der Waals surface area (Å²) in [6.45, 7) is 6.92. The summed E-state index contributed by atoms with van der Waals surface area (Å²) < 4.78 is 5.41. The van der Waals surface area contributed by atoms with Crippen molar-refractivity contribution in [2.75, 3.05) is 7.11 Å². The van der Waals surface area contributed by atoms with Gasteiger partial charge in [-0.3, -0.25) is 0 Å². The molecule has 1 aromatic rings. The fraction of sp³-hybridized carbons (Fsp3) is 0.600. The molecule has 1 unspecified atom stereocenters. The maximum Gasteiger partial charge on any atom is 0.122 e. The first-order chi connectivity index (χ1) is 7.65. The topological polar surface area (TPSA) is 9.23 Å². The fourth-order valence-corrected chi connectivity index (χ4v) is 2.30. The van der Waals surface area contributed by atoms with E-state index in [1.165, 1.54) is 24.8 Å². The highest BCUT2D eigenvalue weighted by Crippen LogP contribution is 2.34. The molecule has 0 N–H and O–H groups in total. The molecule has 0 aromatic heterocycles. The minimum atomic E-state index is 0.406. The molecule has 0 amide bonds. The van der Waals surface area contributed by atoms with Crippen LogP contribution in [0.2, 0.25) is 0 Å². The molecule has 0 heterocycles. The number of hydrogen-bond donors (Lipinski definition) is 0. The van der Waals surface area contributed by atoms with Crippen molar-refractivity contribution < 1.29 is 4.74 Å². The molecule has 1 nitrogen and oxygen atoms in total. The number of rotatable bonds is 6. The molecule has 0 spiro atoms. The van der Waals surface area contributed by atoms with Crippen molar-refractivity contribution >= 4 is 0 Å². The predicted molar refractivity (Wildman–Crippen MR) is 70.0 cm³/mol. The summed E-state index contributed by atoms with van der Waals surface area (Å²) >= 11 is 0. The minimum absolute atomic E-state index is 0.406. The average molecular weight is 220 g/mol. The van der Waals surface area contributed by atoms with Crippen molar-refractivity contribution in [1.29, 1.82) is 0 Å². The summed E-state index contributed by atoms with van der Waals surface area (Å²) in [5.74, 6) is 1.03. The van der Waals surface area contributed by atoms with Crippen molar-refractivity contribution in [2.45, 2.75) is 46.5 Å². The van der Waals surface area contributed by atoms with Crippen molar-refractivity contribution in [3.8, 4) is 5.75 Å². The quantitative estimate of drug-likeness (QED) is 0.688. The van der Waals surface area contributed by atoms with Gasteiger partial charge >= 0.3 is 0 Å². The summed E-state index contributed by atoms with van der Waals surface area (Å²) in [6.07, 6.45) is 4.86. The molecule has 16 heavy (non-hydrogen) atoms. The Labute approximate surface area is 99.8 Å². The molecular formula is C15H24O. The van der Waals surface area contributed by atoms with Crippen LogP contribution in [0.3, 0.4) is 0 Å². The maximum absolute atomic E-state index is 5.41. The average Bonchev–Trinajstić information content (AvgIpc) is 2.30. The lowest BCUT2D eigenvalue weighted by atomic mass is 9.77. The largest absolute Gasteiger partial charge is 0.496 e. The highest BCUT2D eigenvalue weighted by Gasteiger charge is 2.22. The van der Waals surface area contributed by atoms with E-state index >= 15 is 0 Å². The second-order valence-corrected chi connectivity index (χ2v) is 4.90. The number of hydrogen-bond acceptors (Lipinski definition) is 1. The van der Waals surface area contributed by atoms with E-state index in [0.29, 0.717) is 5.41 Å². The molecule has 1 atom stereocenters. The van der Waals surface area contributed by atoms with Crippen LogP contribution in [-0.4, -0.2) is 7.11 Å². The lowest BCUT2D eigenvalue weighted by Gasteiger charge is -2.28. The van der Waals surface area contributed by atoms with Crippen LogP contribution < -0.4 is 4.74 Å². The summed E-state index contributed by atoms with van der Waals surface area (Å²) in [4.78, 5) is 0. The first-order valence-electron chi connectivity index (χ1n) is 6.27. The molecule has 90 valence electrons. The fourth-order valence-electron chi connectivity index (χ4n) is 2.30. The van der Waals surface area contributed by atoms with E-state index in [1.807, 2.05) is 6.07 Å². The Hall–Kier alpha value is -0.980. The standard InChI is InChI=1S/C15H24O/c1-5-11-15(3,6-2)12-13-9-7-8-10-14(13)16-4/h7-10H,5-6,11-12H2,1-4H3. The van der Waals surface area contributed by atoms with E-state index in [2.05, 4.69) is 39.0 Å². The van der Waals surface area contributed by atoms with E-state index in [4.69, 9.17) is 4.74 Å².